The number of aliphatic hydroxyl groups excluding tert-OH is 1. The van der Waals surface area contributed by atoms with E-state index < -0.39 is 5.97 Å². The Bertz CT molecular complexity index is 741. The van der Waals surface area contributed by atoms with Gasteiger partial charge in [-0.1, -0.05) is 26.8 Å². The summed E-state index contributed by atoms with van der Waals surface area (Å²) in [5.74, 6) is 1.74. The molecular formula is C26H40O4. The van der Waals surface area contributed by atoms with Crippen molar-refractivity contribution in [2.75, 3.05) is 0 Å². The van der Waals surface area contributed by atoms with Crippen molar-refractivity contribution < 1.29 is 19.8 Å². The molecule has 0 aromatic heterocycles. The lowest BCUT2D eigenvalue weighted by Crippen LogP contribution is -2.58. The molecule has 4 heteroatoms. The van der Waals surface area contributed by atoms with Crippen molar-refractivity contribution in [3.63, 3.8) is 0 Å². The summed E-state index contributed by atoms with van der Waals surface area (Å²) in [6.07, 6.45) is 9.86. The highest BCUT2D eigenvalue weighted by Gasteiger charge is 2.64. The number of hydrogen-bond donors (Lipinski definition) is 2. The van der Waals surface area contributed by atoms with Gasteiger partial charge in [-0.25, -0.2) is 0 Å². The molecular weight excluding hydrogens is 376 g/mol. The summed E-state index contributed by atoms with van der Waals surface area (Å²) in [5.41, 5.74) is 1.25. The highest BCUT2D eigenvalue weighted by atomic mass is 16.4. The Kier molecular flexibility index (Phi) is 5.70. The van der Waals surface area contributed by atoms with Crippen molar-refractivity contribution in [2.45, 2.75) is 91.6 Å². The summed E-state index contributed by atoms with van der Waals surface area (Å²) in [5, 5.41) is 19.5. The Morgan fingerprint density at radius 3 is 2.47 bits per heavy atom. The smallest absolute Gasteiger partial charge is 0.303 e. The fourth-order valence-electron chi connectivity index (χ4n) is 8.72. The van der Waals surface area contributed by atoms with Crippen LogP contribution in [0, 0.1) is 46.3 Å². The lowest BCUT2D eigenvalue weighted by Gasteiger charge is -2.61. The molecule has 0 bridgehead atoms. The molecule has 2 N–H and O–H groups in total. The minimum atomic E-state index is -0.705. The molecule has 0 aromatic rings. The second-order valence-corrected chi connectivity index (χ2v) is 11.5. The molecule has 0 unspecified atom stereocenters. The van der Waals surface area contributed by atoms with E-state index in [0.717, 1.165) is 56.9 Å². The average molecular weight is 417 g/mol. The van der Waals surface area contributed by atoms with Gasteiger partial charge < -0.3 is 10.2 Å². The zero-order valence-electron chi connectivity index (χ0n) is 19.2. The molecule has 0 heterocycles. The molecule has 0 spiro atoms. The maximum Gasteiger partial charge on any atom is 0.303 e. The van der Waals surface area contributed by atoms with Crippen LogP contribution in [-0.4, -0.2) is 28.1 Å². The van der Waals surface area contributed by atoms with Crippen LogP contribution in [0.3, 0.4) is 0 Å². The molecule has 0 radical (unpaired) electrons. The third-order valence-corrected chi connectivity index (χ3v) is 10.3. The van der Waals surface area contributed by atoms with E-state index in [-0.39, 0.29) is 35.2 Å². The number of fused-ring (bicyclic) bond motifs is 5. The Balaban J connectivity index is 1.64. The lowest BCUT2D eigenvalue weighted by molar-refractivity contribution is -0.150. The number of carboxylic acid groups (broad SMARTS) is 1. The van der Waals surface area contributed by atoms with Crippen molar-refractivity contribution in [2.24, 2.45) is 46.3 Å². The van der Waals surface area contributed by atoms with Gasteiger partial charge in [-0.2, -0.15) is 0 Å². The molecule has 4 nitrogen and oxygen atoms in total. The number of ketones is 1. The van der Waals surface area contributed by atoms with Crippen molar-refractivity contribution in [3.05, 3.63) is 11.6 Å². The van der Waals surface area contributed by atoms with Gasteiger partial charge in [0.15, 0.2) is 5.78 Å². The third-order valence-electron chi connectivity index (χ3n) is 10.3. The Labute approximate surface area is 181 Å². The molecule has 0 amide bonds. The predicted octanol–water partition coefficient (Wildman–Crippen LogP) is 5.24. The summed E-state index contributed by atoms with van der Waals surface area (Å²) >= 11 is 0. The van der Waals surface area contributed by atoms with Crippen LogP contribution in [0.1, 0.15) is 85.5 Å². The maximum atomic E-state index is 13.8. The minimum absolute atomic E-state index is 0.114. The molecule has 0 aliphatic heterocycles. The van der Waals surface area contributed by atoms with Crippen LogP contribution < -0.4 is 0 Å². The van der Waals surface area contributed by atoms with Gasteiger partial charge in [0.2, 0.25) is 0 Å². The van der Waals surface area contributed by atoms with E-state index >= 15 is 0 Å². The number of hydrogen-bond acceptors (Lipinski definition) is 3. The van der Waals surface area contributed by atoms with Gasteiger partial charge in [-0.3, -0.25) is 9.59 Å². The fraction of sp³-hybridized carbons (Fsp3) is 0.846. The van der Waals surface area contributed by atoms with Gasteiger partial charge in [0.25, 0.3) is 0 Å². The van der Waals surface area contributed by atoms with Crippen LogP contribution in [0.25, 0.3) is 0 Å². The normalized spacial score (nSPS) is 48.0. The highest BCUT2D eigenvalue weighted by molar-refractivity contribution is 5.99. The Morgan fingerprint density at radius 2 is 1.80 bits per heavy atom. The molecule has 30 heavy (non-hydrogen) atoms. The minimum Gasteiger partial charge on any atom is -0.481 e. The van der Waals surface area contributed by atoms with Gasteiger partial charge in [-0.05, 0) is 104 Å². The standard InChI is InChI=1S/C26H40O4/c1-5-17-21-14-16(27)10-12-26(21,4)20-11-13-25(3)18(15(2)6-9-22(28)29)7-8-19(25)23(20)24(17)30/h5,15-16,18-21,23,27H,6-14H2,1-4H3,(H,28,29)/t15-,16-,18-,19+,20-,21+,23+,25-,26-/m1/s1. The van der Waals surface area contributed by atoms with Gasteiger partial charge in [-0.15, -0.1) is 0 Å². The van der Waals surface area contributed by atoms with Crippen molar-refractivity contribution >= 4 is 11.8 Å². The zero-order valence-corrected chi connectivity index (χ0v) is 19.2. The number of carbonyl (C=O) groups excluding carboxylic acids is 1. The number of aliphatic carboxylic acids is 1. The van der Waals surface area contributed by atoms with Crippen LogP contribution in [0.2, 0.25) is 0 Å². The third kappa shape index (κ3) is 3.20. The number of carboxylic acids is 1. The number of rotatable bonds is 4. The first-order valence-electron chi connectivity index (χ1n) is 12.2. The zero-order chi connectivity index (χ0) is 21.8. The molecule has 0 saturated heterocycles. The number of Topliss-reactive ketones (excluding diaryl/α,β-unsaturated/α-hetero) is 1. The van der Waals surface area contributed by atoms with Crippen LogP contribution in [0.5, 0.6) is 0 Å². The second-order valence-electron chi connectivity index (χ2n) is 11.5. The van der Waals surface area contributed by atoms with E-state index in [1.165, 1.54) is 0 Å². The Morgan fingerprint density at radius 1 is 1.13 bits per heavy atom. The first-order chi connectivity index (χ1) is 14.1. The van der Waals surface area contributed by atoms with Crippen LogP contribution in [-0.2, 0) is 9.59 Å². The van der Waals surface area contributed by atoms with Gasteiger partial charge in [0.1, 0.15) is 0 Å². The topological polar surface area (TPSA) is 74.6 Å². The number of aliphatic hydroxyl groups is 1. The number of allylic oxidation sites excluding steroid dienone is 2. The predicted molar refractivity (Wildman–Crippen MR) is 117 cm³/mol. The summed E-state index contributed by atoms with van der Waals surface area (Å²) in [6, 6.07) is 0. The SMILES string of the molecule is CC=C1C(=O)[C@@H]2[C@@H](CC[C@]3(C)[C@@H]([C@H](C)CCC(=O)O)CC[C@@H]23)[C@@]2(C)CC[C@@H](O)C[C@@H]12. The fourth-order valence-corrected chi connectivity index (χ4v) is 8.72. The summed E-state index contributed by atoms with van der Waals surface area (Å²) in [4.78, 5) is 24.9. The van der Waals surface area contributed by atoms with Crippen molar-refractivity contribution in [1.29, 1.82) is 0 Å². The highest BCUT2D eigenvalue weighted by Crippen LogP contribution is 2.68. The van der Waals surface area contributed by atoms with E-state index in [0.29, 0.717) is 29.5 Å². The van der Waals surface area contributed by atoms with Crippen molar-refractivity contribution in [3.8, 4) is 0 Å². The second kappa shape index (κ2) is 7.76. The van der Waals surface area contributed by atoms with E-state index in [4.69, 9.17) is 5.11 Å². The quantitative estimate of drug-likeness (QED) is 0.614. The maximum absolute atomic E-state index is 13.8. The molecule has 4 saturated carbocycles. The van der Waals surface area contributed by atoms with Gasteiger partial charge >= 0.3 is 5.97 Å². The van der Waals surface area contributed by atoms with Gasteiger partial charge in [0.05, 0.1) is 6.10 Å². The first kappa shape index (κ1) is 22.0. The largest absolute Gasteiger partial charge is 0.481 e. The van der Waals surface area contributed by atoms with Gasteiger partial charge in [0, 0.05) is 12.3 Å². The number of carbonyl (C=O) groups is 2. The van der Waals surface area contributed by atoms with Crippen LogP contribution in [0.4, 0.5) is 0 Å². The summed E-state index contributed by atoms with van der Waals surface area (Å²) < 4.78 is 0. The summed E-state index contributed by atoms with van der Waals surface area (Å²) in [7, 11) is 0. The van der Waals surface area contributed by atoms with Crippen LogP contribution in [0.15, 0.2) is 11.6 Å². The van der Waals surface area contributed by atoms with E-state index in [1.807, 2.05) is 13.0 Å². The van der Waals surface area contributed by atoms with Crippen LogP contribution >= 0.6 is 0 Å². The van der Waals surface area contributed by atoms with E-state index in [1.54, 1.807) is 0 Å². The molecule has 4 aliphatic rings. The molecule has 4 rings (SSSR count). The molecule has 168 valence electrons. The monoisotopic (exact) mass is 416 g/mol. The van der Waals surface area contributed by atoms with E-state index in [9.17, 15) is 14.7 Å². The Hall–Kier alpha value is -1.16. The first-order valence-corrected chi connectivity index (χ1v) is 12.2. The molecule has 0 aromatic carbocycles. The molecule has 9 atom stereocenters. The van der Waals surface area contributed by atoms with E-state index in [2.05, 4.69) is 20.8 Å². The average Bonchev–Trinajstić information content (AvgIpc) is 3.05. The molecule has 4 fully saturated rings. The van der Waals surface area contributed by atoms with Crippen molar-refractivity contribution in [1.82, 2.24) is 0 Å². The lowest BCUT2D eigenvalue weighted by atomic mass is 9.43. The molecule has 4 aliphatic carbocycles. The summed E-state index contributed by atoms with van der Waals surface area (Å²) in [6.45, 7) is 9.04.